The Labute approximate surface area is 142 Å². The van der Waals surface area contributed by atoms with Crippen molar-refractivity contribution in [2.24, 2.45) is 0 Å². The Morgan fingerprint density at radius 3 is 2.96 bits per heavy atom. The van der Waals surface area contributed by atoms with E-state index in [0.29, 0.717) is 17.5 Å². The van der Waals surface area contributed by atoms with Gasteiger partial charge in [-0.15, -0.1) is 0 Å². The highest BCUT2D eigenvalue weighted by molar-refractivity contribution is 6.30. The van der Waals surface area contributed by atoms with E-state index in [2.05, 4.69) is 28.9 Å². The number of likely N-dealkylation sites (N-methyl/N-ethyl adjacent to an activating group) is 1. The molecule has 1 atom stereocenters. The van der Waals surface area contributed by atoms with Gasteiger partial charge in [-0.3, -0.25) is 4.90 Å². The van der Waals surface area contributed by atoms with Crippen LogP contribution in [-0.4, -0.2) is 35.2 Å². The molecule has 6 heteroatoms. The highest BCUT2D eigenvalue weighted by atomic mass is 35.5. The van der Waals surface area contributed by atoms with Gasteiger partial charge in [0.05, 0.1) is 6.04 Å². The summed E-state index contributed by atoms with van der Waals surface area (Å²) in [6, 6.07) is 7.46. The summed E-state index contributed by atoms with van der Waals surface area (Å²) < 4.78 is 11.1. The van der Waals surface area contributed by atoms with Crippen molar-refractivity contribution in [3.8, 4) is 5.75 Å². The van der Waals surface area contributed by atoms with Gasteiger partial charge in [0.15, 0.2) is 5.82 Å². The zero-order valence-electron chi connectivity index (χ0n) is 14.0. The van der Waals surface area contributed by atoms with Crippen LogP contribution in [0.3, 0.4) is 0 Å². The molecular formula is C17H24ClN3O2. The molecule has 1 heterocycles. The fraction of sp³-hybridized carbons (Fsp3) is 0.529. The molecule has 0 N–H and O–H groups in total. The van der Waals surface area contributed by atoms with Gasteiger partial charge in [-0.2, -0.15) is 4.98 Å². The first-order valence-electron chi connectivity index (χ1n) is 8.01. The van der Waals surface area contributed by atoms with Crippen molar-refractivity contribution < 1.29 is 9.26 Å². The number of ether oxygens (including phenoxy) is 1. The first-order valence-corrected chi connectivity index (χ1v) is 8.39. The van der Waals surface area contributed by atoms with Gasteiger partial charge in [0, 0.05) is 18.0 Å². The summed E-state index contributed by atoms with van der Waals surface area (Å²) in [5.74, 6) is 2.22. The molecule has 0 bridgehead atoms. The van der Waals surface area contributed by atoms with E-state index in [1.807, 2.05) is 31.3 Å². The summed E-state index contributed by atoms with van der Waals surface area (Å²) in [6.07, 6.45) is 3.07. The number of benzene rings is 1. The lowest BCUT2D eigenvalue weighted by Crippen LogP contribution is -2.27. The molecule has 1 aromatic carbocycles. The Bertz CT molecular complexity index is 603. The van der Waals surface area contributed by atoms with Crippen molar-refractivity contribution in [3.63, 3.8) is 0 Å². The van der Waals surface area contributed by atoms with Gasteiger partial charge < -0.3 is 9.26 Å². The van der Waals surface area contributed by atoms with Crippen LogP contribution in [0.2, 0.25) is 5.02 Å². The number of rotatable bonds is 9. The van der Waals surface area contributed by atoms with Crippen molar-refractivity contribution in [1.82, 2.24) is 15.0 Å². The number of unbranched alkanes of at least 4 members (excludes halogenated alkanes) is 1. The predicted molar refractivity (Wildman–Crippen MR) is 90.9 cm³/mol. The van der Waals surface area contributed by atoms with Crippen LogP contribution in [0.4, 0.5) is 0 Å². The lowest BCUT2D eigenvalue weighted by Gasteiger charge is -2.21. The standard InChI is InChI=1S/C17H24ClN3O2/c1-4-5-9-16-19-17(23-20-16)13(2)21(3)10-11-22-15-8-6-7-14(18)12-15/h6-8,12-13H,4-5,9-11H2,1-3H3. The highest BCUT2D eigenvalue weighted by Crippen LogP contribution is 2.19. The maximum absolute atomic E-state index is 5.94. The fourth-order valence-electron chi connectivity index (χ4n) is 2.12. The summed E-state index contributed by atoms with van der Waals surface area (Å²) in [6.45, 7) is 5.52. The van der Waals surface area contributed by atoms with Gasteiger partial charge in [-0.25, -0.2) is 0 Å². The molecule has 0 aliphatic carbocycles. The second-order valence-corrected chi connectivity index (χ2v) is 6.05. The summed E-state index contributed by atoms with van der Waals surface area (Å²) in [5, 5.41) is 4.71. The molecule has 23 heavy (non-hydrogen) atoms. The van der Waals surface area contributed by atoms with Crippen LogP contribution < -0.4 is 4.74 Å². The van der Waals surface area contributed by atoms with Crippen molar-refractivity contribution in [1.29, 1.82) is 0 Å². The van der Waals surface area contributed by atoms with E-state index >= 15 is 0 Å². The predicted octanol–water partition coefficient (Wildman–Crippen LogP) is 4.14. The molecule has 0 saturated carbocycles. The van der Waals surface area contributed by atoms with Crippen LogP contribution in [0.1, 0.15) is 44.4 Å². The lowest BCUT2D eigenvalue weighted by molar-refractivity contribution is 0.174. The Hall–Kier alpha value is -1.59. The minimum absolute atomic E-state index is 0.0563. The molecule has 0 amide bonds. The maximum Gasteiger partial charge on any atom is 0.243 e. The average Bonchev–Trinajstić information content (AvgIpc) is 3.01. The van der Waals surface area contributed by atoms with E-state index in [1.54, 1.807) is 0 Å². The van der Waals surface area contributed by atoms with E-state index in [-0.39, 0.29) is 6.04 Å². The van der Waals surface area contributed by atoms with Crippen LogP contribution >= 0.6 is 11.6 Å². The molecule has 2 rings (SSSR count). The summed E-state index contributed by atoms with van der Waals surface area (Å²) in [4.78, 5) is 6.60. The van der Waals surface area contributed by atoms with E-state index in [9.17, 15) is 0 Å². The Morgan fingerprint density at radius 2 is 2.22 bits per heavy atom. The Kier molecular flexibility index (Phi) is 6.86. The van der Waals surface area contributed by atoms with Crippen molar-refractivity contribution in [2.75, 3.05) is 20.2 Å². The number of aromatic nitrogens is 2. The molecule has 0 saturated heterocycles. The highest BCUT2D eigenvalue weighted by Gasteiger charge is 2.18. The van der Waals surface area contributed by atoms with Crippen LogP contribution in [0.25, 0.3) is 0 Å². The third kappa shape index (κ3) is 5.52. The van der Waals surface area contributed by atoms with Crippen LogP contribution in [0.15, 0.2) is 28.8 Å². The van der Waals surface area contributed by atoms with Crippen molar-refractivity contribution >= 4 is 11.6 Å². The smallest absolute Gasteiger partial charge is 0.243 e. The molecule has 0 radical (unpaired) electrons. The van der Waals surface area contributed by atoms with Gasteiger partial charge in [0.25, 0.3) is 0 Å². The Balaban J connectivity index is 1.80. The molecule has 0 fully saturated rings. The van der Waals surface area contributed by atoms with Gasteiger partial charge in [-0.05, 0) is 38.6 Å². The van der Waals surface area contributed by atoms with Crippen molar-refractivity contribution in [3.05, 3.63) is 41.0 Å². The Morgan fingerprint density at radius 1 is 1.39 bits per heavy atom. The van der Waals surface area contributed by atoms with Gasteiger partial charge in [-0.1, -0.05) is 36.2 Å². The molecule has 126 valence electrons. The van der Waals surface area contributed by atoms with E-state index in [1.165, 1.54) is 0 Å². The summed E-state index contributed by atoms with van der Waals surface area (Å²) in [7, 11) is 2.02. The van der Waals surface area contributed by atoms with Gasteiger partial charge in [0.1, 0.15) is 12.4 Å². The van der Waals surface area contributed by atoms with Gasteiger partial charge in [0.2, 0.25) is 5.89 Å². The monoisotopic (exact) mass is 337 g/mol. The van der Waals surface area contributed by atoms with E-state index < -0.39 is 0 Å². The number of nitrogens with zero attached hydrogens (tertiary/aromatic N) is 3. The van der Waals surface area contributed by atoms with Crippen LogP contribution in [0, 0.1) is 0 Å². The minimum atomic E-state index is 0.0563. The first-order chi connectivity index (χ1) is 11.1. The molecule has 0 aliphatic rings. The molecule has 2 aromatic rings. The largest absolute Gasteiger partial charge is 0.492 e. The SMILES string of the molecule is CCCCc1noc(C(C)N(C)CCOc2cccc(Cl)c2)n1. The molecule has 0 spiro atoms. The topological polar surface area (TPSA) is 51.4 Å². The maximum atomic E-state index is 5.94. The number of aryl methyl sites for hydroxylation is 1. The molecule has 5 nitrogen and oxygen atoms in total. The number of hydrogen-bond acceptors (Lipinski definition) is 5. The zero-order valence-corrected chi connectivity index (χ0v) is 14.7. The number of hydrogen-bond donors (Lipinski definition) is 0. The van der Waals surface area contributed by atoms with Crippen LogP contribution in [-0.2, 0) is 6.42 Å². The lowest BCUT2D eigenvalue weighted by atomic mass is 10.2. The second-order valence-electron chi connectivity index (χ2n) is 5.61. The quantitative estimate of drug-likeness (QED) is 0.688. The summed E-state index contributed by atoms with van der Waals surface area (Å²) >= 11 is 5.94. The van der Waals surface area contributed by atoms with E-state index in [4.69, 9.17) is 20.9 Å². The first kappa shape index (κ1) is 17.8. The number of halogens is 1. The van der Waals surface area contributed by atoms with Crippen molar-refractivity contribution in [2.45, 2.75) is 39.2 Å². The minimum Gasteiger partial charge on any atom is -0.492 e. The van der Waals surface area contributed by atoms with E-state index in [0.717, 1.165) is 37.4 Å². The summed E-state index contributed by atoms with van der Waals surface area (Å²) in [5.41, 5.74) is 0. The third-order valence-corrected chi connectivity index (χ3v) is 4.00. The fourth-order valence-corrected chi connectivity index (χ4v) is 2.30. The van der Waals surface area contributed by atoms with Gasteiger partial charge >= 0.3 is 0 Å². The molecule has 0 aliphatic heterocycles. The average molecular weight is 338 g/mol. The molecular weight excluding hydrogens is 314 g/mol. The molecule has 1 aromatic heterocycles. The zero-order chi connectivity index (χ0) is 16.7. The molecule has 1 unspecified atom stereocenters. The normalized spacial score (nSPS) is 12.6. The second kappa shape index (κ2) is 8.89. The van der Waals surface area contributed by atoms with Crippen LogP contribution in [0.5, 0.6) is 5.75 Å². The third-order valence-electron chi connectivity index (χ3n) is 3.77.